The summed E-state index contributed by atoms with van der Waals surface area (Å²) in [6.45, 7) is 0. The van der Waals surface area contributed by atoms with Crippen LogP contribution < -0.4 is 0 Å². The lowest BCUT2D eigenvalue weighted by Crippen LogP contribution is -2.25. The molecule has 1 atom stereocenters. The predicted molar refractivity (Wildman–Crippen MR) is 53.7 cm³/mol. The van der Waals surface area contributed by atoms with Gasteiger partial charge >= 0.3 is 5.97 Å². The largest absolute Gasteiger partial charge is 0.479 e. The molecular formula is C11H10F2O4. The number of halogens is 2. The van der Waals surface area contributed by atoms with Crippen molar-refractivity contribution < 1.29 is 28.2 Å². The first kappa shape index (κ1) is 13.2. The molecule has 0 saturated carbocycles. The molecule has 17 heavy (non-hydrogen) atoms. The number of carboxylic acid groups (broad SMARTS) is 1. The lowest BCUT2D eigenvalue weighted by molar-refractivity contribution is -0.148. The molecule has 1 rings (SSSR count). The van der Waals surface area contributed by atoms with Crippen molar-refractivity contribution in [2.75, 3.05) is 7.11 Å². The van der Waals surface area contributed by atoms with Crippen molar-refractivity contribution in [3.63, 3.8) is 0 Å². The van der Waals surface area contributed by atoms with Crippen LogP contribution in [0.15, 0.2) is 18.2 Å². The summed E-state index contributed by atoms with van der Waals surface area (Å²) >= 11 is 0. The van der Waals surface area contributed by atoms with E-state index in [0.29, 0.717) is 0 Å². The Morgan fingerprint density at radius 2 is 2.00 bits per heavy atom. The monoisotopic (exact) mass is 244 g/mol. The van der Waals surface area contributed by atoms with Gasteiger partial charge in [0.1, 0.15) is 0 Å². The van der Waals surface area contributed by atoms with Crippen molar-refractivity contribution in [1.82, 2.24) is 0 Å². The van der Waals surface area contributed by atoms with Crippen molar-refractivity contribution in [1.29, 1.82) is 0 Å². The Kier molecular flexibility index (Phi) is 4.28. The first-order valence-electron chi connectivity index (χ1n) is 4.69. The minimum absolute atomic E-state index is 0.0906. The highest BCUT2D eigenvalue weighted by atomic mass is 19.2. The van der Waals surface area contributed by atoms with Crippen LogP contribution in [0.5, 0.6) is 0 Å². The van der Waals surface area contributed by atoms with Crippen molar-refractivity contribution in [2.24, 2.45) is 0 Å². The standard InChI is InChI=1S/C11H10F2O4/c1-17-10(11(15)16)5-9(14)6-2-3-7(12)8(13)4-6/h2-4,10H,5H2,1H3,(H,15,16)/t10-/m0/s1. The summed E-state index contributed by atoms with van der Waals surface area (Å²) in [5.74, 6) is -4.13. The van der Waals surface area contributed by atoms with Crippen molar-refractivity contribution in [3.8, 4) is 0 Å². The van der Waals surface area contributed by atoms with Gasteiger partial charge in [-0.2, -0.15) is 0 Å². The zero-order valence-corrected chi connectivity index (χ0v) is 8.94. The third-order valence-corrected chi connectivity index (χ3v) is 2.17. The van der Waals surface area contributed by atoms with Crippen LogP contribution in [0.2, 0.25) is 0 Å². The smallest absolute Gasteiger partial charge is 0.333 e. The Morgan fingerprint density at radius 3 is 2.47 bits per heavy atom. The number of methoxy groups -OCH3 is 1. The molecule has 4 nitrogen and oxygen atoms in total. The van der Waals surface area contributed by atoms with Gasteiger partial charge < -0.3 is 9.84 Å². The number of hydrogen-bond acceptors (Lipinski definition) is 3. The Bertz CT molecular complexity index is 445. The summed E-state index contributed by atoms with van der Waals surface area (Å²) in [7, 11) is 1.15. The number of carbonyl (C=O) groups is 2. The summed E-state index contributed by atoms with van der Waals surface area (Å²) in [5.41, 5.74) is -0.0906. The Hall–Kier alpha value is -1.82. The summed E-state index contributed by atoms with van der Waals surface area (Å²) in [4.78, 5) is 22.2. The first-order chi connectivity index (χ1) is 7.95. The molecule has 0 bridgehead atoms. The van der Waals surface area contributed by atoms with Crippen LogP contribution in [0.1, 0.15) is 16.8 Å². The van der Waals surface area contributed by atoms with E-state index in [-0.39, 0.29) is 5.56 Å². The molecule has 6 heteroatoms. The van der Waals surface area contributed by atoms with E-state index in [9.17, 15) is 18.4 Å². The number of aliphatic carboxylic acids is 1. The molecule has 1 aromatic carbocycles. The minimum atomic E-state index is -1.30. The highest BCUT2D eigenvalue weighted by Gasteiger charge is 2.21. The second-order valence-corrected chi connectivity index (χ2v) is 3.32. The number of carbonyl (C=O) groups excluding carboxylic acids is 1. The molecule has 0 amide bonds. The van der Waals surface area contributed by atoms with Crippen LogP contribution in [0.3, 0.4) is 0 Å². The number of benzene rings is 1. The lowest BCUT2D eigenvalue weighted by atomic mass is 10.0. The molecule has 0 radical (unpaired) electrons. The lowest BCUT2D eigenvalue weighted by Gasteiger charge is -2.09. The van der Waals surface area contributed by atoms with Gasteiger partial charge in [-0.05, 0) is 18.2 Å². The minimum Gasteiger partial charge on any atom is -0.479 e. The second kappa shape index (κ2) is 5.49. The van der Waals surface area contributed by atoms with Crippen LogP contribution in [0, 0.1) is 11.6 Å². The van der Waals surface area contributed by atoms with Crippen molar-refractivity contribution >= 4 is 11.8 Å². The topological polar surface area (TPSA) is 63.6 Å². The van der Waals surface area contributed by atoms with Crippen molar-refractivity contribution in [2.45, 2.75) is 12.5 Å². The molecule has 1 aromatic rings. The van der Waals surface area contributed by atoms with E-state index in [1.807, 2.05) is 0 Å². The summed E-state index contributed by atoms with van der Waals surface area (Å²) in [6.07, 6.45) is -1.73. The van der Waals surface area contributed by atoms with Crippen LogP contribution in [0.4, 0.5) is 8.78 Å². The fourth-order valence-corrected chi connectivity index (χ4v) is 1.23. The SMILES string of the molecule is CO[C@@H](CC(=O)c1ccc(F)c(F)c1)C(=O)O. The van der Waals surface area contributed by atoms with E-state index in [2.05, 4.69) is 4.74 Å². The Balaban J connectivity index is 2.82. The molecule has 0 unspecified atom stereocenters. The Labute approximate surface area is 95.8 Å². The van der Waals surface area contributed by atoms with E-state index in [4.69, 9.17) is 5.11 Å². The van der Waals surface area contributed by atoms with E-state index in [1.54, 1.807) is 0 Å². The highest BCUT2D eigenvalue weighted by molar-refractivity contribution is 5.98. The van der Waals surface area contributed by atoms with Crippen molar-refractivity contribution in [3.05, 3.63) is 35.4 Å². The van der Waals surface area contributed by atoms with Gasteiger partial charge in [-0.25, -0.2) is 13.6 Å². The van der Waals surface area contributed by atoms with Gasteiger partial charge in [0, 0.05) is 19.1 Å². The molecular weight excluding hydrogens is 234 g/mol. The maximum Gasteiger partial charge on any atom is 0.333 e. The number of Topliss-reactive ketones (excluding diaryl/α,β-unsaturated/α-hetero) is 1. The Morgan fingerprint density at radius 1 is 1.35 bits per heavy atom. The molecule has 0 aliphatic carbocycles. The van der Waals surface area contributed by atoms with Gasteiger partial charge in [0.25, 0.3) is 0 Å². The fourth-order valence-electron chi connectivity index (χ4n) is 1.23. The maximum atomic E-state index is 12.8. The zero-order chi connectivity index (χ0) is 13.0. The molecule has 0 aromatic heterocycles. The first-order valence-corrected chi connectivity index (χ1v) is 4.69. The third-order valence-electron chi connectivity index (χ3n) is 2.17. The quantitative estimate of drug-likeness (QED) is 0.800. The van der Waals surface area contributed by atoms with Crippen LogP contribution in [-0.4, -0.2) is 30.1 Å². The van der Waals surface area contributed by atoms with Gasteiger partial charge in [-0.15, -0.1) is 0 Å². The maximum absolute atomic E-state index is 12.8. The number of ether oxygens (including phenoxy) is 1. The molecule has 0 saturated heterocycles. The molecule has 0 aliphatic rings. The molecule has 0 fully saturated rings. The van der Waals surface area contributed by atoms with Crippen LogP contribution in [-0.2, 0) is 9.53 Å². The number of carboxylic acids is 1. The van der Waals surface area contributed by atoms with Gasteiger partial charge in [-0.3, -0.25) is 4.79 Å². The zero-order valence-electron chi connectivity index (χ0n) is 8.94. The molecule has 1 N–H and O–H groups in total. The predicted octanol–water partition coefficient (Wildman–Crippen LogP) is 1.64. The van der Waals surface area contributed by atoms with Gasteiger partial charge in [0.05, 0.1) is 0 Å². The van der Waals surface area contributed by atoms with Crippen LogP contribution in [0.25, 0.3) is 0 Å². The second-order valence-electron chi connectivity index (χ2n) is 3.32. The number of hydrogen-bond donors (Lipinski definition) is 1. The number of ketones is 1. The normalized spacial score (nSPS) is 12.2. The highest BCUT2D eigenvalue weighted by Crippen LogP contribution is 2.12. The number of rotatable bonds is 5. The average Bonchev–Trinajstić information content (AvgIpc) is 2.28. The molecule has 0 spiro atoms. The van der Waals surface area contributed by atoms with E-state index in [1.165, 1.54) is 0 Å². The fraction of sp³-hybridized carbons (Fsp3) is 0.273. The summed E-state index contributed by atoms with van der Waals surface area (Å²) in [5, 5.41) is 8.66. The van der Waals surface area contributed by atoms with E-state index < -0.39 is 35.9 Å². The third kappa shape index (κ3) is 3.32. The van der Waals surface area contributed by atoms with E-state index >= 15 is 0 Å². The summed E-state index contributed by atoms with van der Waals surface area (Å²) in [6, 6.07) is 2.63. The van der Waals surface area contributed by atoms with E-state index in [0.717, 1.165) is 25.3 Å². The molecule has 0 aliphatic heterocycles. The van der Waals surface area contributed by atoms with Gasteiger partial charge in [0.15, 0.2) is 23.5 Å². The molecule has 92 valence electrons. The summed E-state index contributed by atoms with van der Waals surface area (Å²) < 4.78 is 30.0. The van der Waals surface area contributed by atoms with Crippen LogP contribution >= 0.6 is 0 Å². The molecule has 0 heterocycles. The van der Waals surface area contributed by atoms with Gasteiger partial charge in [-0.1, -0.05) is 0 Å². The van der Waals surface area contributed by atoms with Gasteiger partial charge in [0.2, 0.25) is 0 Å². The average molecular weight is 244 g/mol.